The van der Waals surface area contributed by atoms with Gasteiger partial charge in [-0.1, -0.05) is 29.8 Å². The summed E-state index contributed by atoms with van der Waals surface area (Å²) in [6.45, 7) is 2.64. The number of nitrogens with zero attached hydrogens (tertiary/aromatic N) is 2. The van der Waals surface area contributed by atoms with Crippen LogP contribution in [0.4, 0.5) is 13.2 Å². The van der Waals surface area contributed by atoms with Gasteiger partial charge < -0.3 is 9.64 Å². The highest BCUT2D eigenvalue weighted by Crippen LogP contribution is 2.22. The van der Waals surface area contributed by atoms with E-state index in [1.165, 1.54) is 12.1 Å². The smallest absolute Gasteiger partial charge is 0.253 e. The molecule has 0 saturated carbocycles. The molecule has 33 heavy (non-hydrogen) atoms. The number of halogens is 4. The Morgan fingerprint density at radius 2 is 1.67 bits per heavy atom. The van der Waals surface area contributed by atoms with Crippen molar-refractivity contribution in [2.45, 2.75) is 13.2 Å². The molecule has 0 spiro atoms. The third-order valence-electron chi connectivity index (χ3n) is 5.57. The van der Waals surface area contributed by atoms with Crippen LogP contribution in [0.25, 0.3) is 0 Å². The molecule has 8 heteroatoms. The number of hydrogen-bond acceptors (Lipinski definition) is 3. The zero-order valence-corrected chi connectivity index (χ0v) is 18.5. The summed E-state index contributed by atoms with van der Waals surface area (Å²) in [5.74, 6) is -1.96. The number of amides is 1. The van der Waals surface area contributed by atoms with Crippen LogP contribution in [-0.4, -0.2) is 41.9 Å². The minimum absolute atomic E-state index is 0.0425. The molecule has 0 bridgehead atoms. The zero-order chi connectivity index (χ0) is 23.4. The Morgan fingerprint density at radius 1 is 0.909 bits per heavy atom. The lowest BCUT2D eigenvalue weighted by Gasteiger charge is -2.35. The molecule has 1 heterocycles. The van der Waals surface area contributed by atoms with Gasteiger partial charge in [-0.25, -0.2) is 13.2 Å². The van der Waals surface area contributed by atoms with Crippen molar-refractivity contribution in [2.75, 3.05) is 26.2 Å². The molecule has 0 atom stereocenters. The minimum Gasteiger partial charge on any atom is -0.486 e. The van der Waals surface area contributed by atoms with Gasteiger partial charge >= 0.3 is 0 Å². The Labute approximate surface area is 195 Å². The SMILES string of the molecule is O=C(c1cccc(COc2ccc(F)cc2F)c1)N1CCN(Cc2c(F)cccc2Cl)CC1. The first-order valence-corrected chi connectivity index (χ1v) is 10.9. The predicted octanol–water partition coefficient (Wildman–Crippen LogP) is 5.29. The summed E-state index contributed by atoms with van der Waals surface area (Å²) in [7, 11) is 0. The third kappa shape index (κ3) is 5.67. The van der Waals surface area contributed by atoms with Crippen molar-refractivity contribution < 1.29 is 22.7 Å². The Kier molecular flexibility index (Phi) is 7.20. The van der Waals surface area contributed by atoms with Crippen molar-refractivity contribution in [3.05, 3.63) is 99.8 Å². The number of carbonyl (C=O) groups is 1. The highest BCUT2D eigenvalue weighted by atomic mass is 35.5. The van der Waals surface area contributed by atoms with Gasteiger partial charge in [0.05, 0.1) is 0 Å². The van der Waals surface area contributed by atoms with Crippen molar-refractivity contribution in [1.82, 2.24) is 9.80 Å². The van der Waals surface area contributed by atoms with Gasteiger partial charge in [-0.3, -0.25) is 9.69 Å². The maximum atomic E-state index is 14.1. The molecule has 4 nitrogen and oxygen atoms in total. The van der Waals surface area contributed by atoms with Gasteiger partial charge in [0.25, 0.3) is 5.91 Å². The second-order valence-electron chi connectivity index (χ2n) is 7.83. The van der Waals surface area contributed by atoms with Gasteiger partial charge in [0.2, 0.25) is 0 Å². The molecule has 0 aliphatic carbocycles. The summed E-state index contributed by atoms with van der Waals surface area (Å²) >= 11 is 6.12. The molecule has 0 N–H and O–H groups in total. The molecule has 1 amide bonds. The van der Waals surface area contributed by atoms with Crippen LogP contribution in [0, 0.1) is 17.5 Å². The summed E-state index contributed by atoms with van der Waals surface area (Å²) in [6.07, 6.45) is 0. The molecule has 3 aromatic rings. The summed E-state index contributed by atoms with van der Waals surface area (Å²) in [6, 6.07) is 14.7. The van der Waals surface area contributed by atoms with Crippen LogP contribution in [0.15, 0.2) is 60.7 Å². The van der Waals surface area contributed by atoms with Gasteiger partial charge in [-0.15, -0.1) is 0 Å². The van der Waals surface area contributed by atoms with Crippen molar-refractivity contribution >= 4 is 17.5 Å². The van der Waals surface area contributed by atoms with Gasteiger partial charge in [-0.2, -0.15) is 0 Å². The van der Waals surface area contributed by atoms with Crippen LogP contribution in [0.2, 0.25) is 5.02 Å². The highest BCUT2D eigenvalue weighted by molar-refractivity contribution is 6.31. The fourth-order valence-corrected chi connectivity index (χ4v) is 3.97. The predicted molar refractivity (Wildman–Crippen MR) is 120 cm³/mol. The van der Waals surface area contributed by atoms with E-state index in [0.29, 0.717) is 54.4 Å². The number of rotatable bonds is 6. The van der Waals surface area contributed by atoms with Gasteiger partial charge in [0.1, 0.15) is 18.2 Å². The lowest BCUT2D eigenvalue weighted by molar-refractivity contribution is 0.0627. The number of piperazine rings is 1. The molecular weight excluding hydrogens is 453 g/mol. The van der Waals surface area contributed by atoms with Crippen LogP contribution in [0.5, 0.6) is 5.75 Å². The molecule has 0 radical (unpaired) electrons. The molecule has 0 aromatic heterocycles. The van der Waals surface area contributed by atoms with Crippen LogP contribution in [0.1, 0.15) is 21.5 Å². The second-order valence-corrected chi connectivity index (χ2v) is 8.24. The fraction of sp³-hybridized carbons (Fsp3) is 0.240. The summed E-state index contributed by atoms with van der Waals surface area (Å²) in [4.78, 5) is 16.8. The maximum Gasteiger partial charge on any atom is 0.253 e. The number of ether oxygens (including phenoxy) is 1. The number of carbonyl (C=O) groups excluding carboxylic acids is 1. The van der Waals surface area contributed by atoms with Crippen molar-refractivity contribution in [1.29, 1.82) is 0 Å². The van der Waals surface area contributed by atoms with E-state index < -0.39 is 11.6 Å². The van der Waals surface area contributed by atoms with E-state index in [4.69, 9.17) is 16.3 Å². The summed E-state index contributed by atoms with van der Waals surface area (Å²) in [5, 5.41) is 0.396. The Balaban J connectivity index is 1.34. The summed E-state index contributed by atoms with van der Waals surface area (Å²) < 4.78 is 46.3. The lowest BCUT2D eigenvalue weighted by atomic mass is 10.1. The number of hydrogen-bond donors (Lipinski definition) is 0. The van der Waals surface area contributed by atoms with E-state index >= 15 is 0 Å². The highest BCUT2D eigenvalue weighted by Gasteiger charge is 2.23. The molecule has 172 valence electrons. The van der Waals surface area contributed by atoms with Crippen molar-refractivity contribution in [2.24, 2.45) is 0 Å². The van der Waals surface area contributed by atoms with E-state index in [-0.39, 0.29) is 24.1 Å². The third-order valence-corrected chi connectivity index (χ3v) is 5.92. The first kappa shape index (κ1) is 23.1. The van der Waals surface area contributed by atoms with Crippen molar-refractivity contribution in [3.63, 3.8) is 0 Å². The largest absolute Gasteiger partial charge is 0.486 e. The molecule has 4 rings (SSSR count). The zero-order valence-electron chi connectivity index (χ0n) is 17.7. The van der Waals surface area contributed by atoms with Gasteiger partial charge in [0, 0.05) is 54.9 Å². The molecule has 1 fully saturated rings. The van der Waals surface area contributed by atoms with Crippen LogP contribution in [-0.2, 0) is 13.2 Å². The quantitative estimate of drug-likeness (QED) is 0.486. The van der Waals surface area contributed by atoms with Crippen LogP contribution < -0.4 is 4.74 Å². The molecule has 1 aliphatic rings. The normalized spacial score (nSPS) is 14.4. The van der Waals surface area contributed by atoms with E-state index in [1.54, 1.807) is 41.3 Å². The standard InChI is InChI=1S/C25H22ClF3N2O2/c26-21-5-2-6-22(28)20(21)15-30-9-11-31(12-10-30)25(32)18-4-1-3-17(13-18)16-33-24-8-7-19(27)14-23(24)29/h1-8,13-14H,9-12,15-16H2. The van der Waals surface area contributed by atoms with Gasteiger partial charge in [-0.05, 0) is 42.0 Å². The Hall–Kier alpha value is -3.03. The number of benzene rings is 3. The summed E-state index contributed by atoms with van der Waals surface area (Å²) in [5.41, 5.74) is 1.66. The van der Waals surface area contributed by atoms with E-state index in [0.717, 1.165) is 12.1 Å². The average Bonchev–Trinajstić information content (AvgIpc) is 2.81. The molecule has 1 aliphatic heterocycles. The van der Waals surface area contributed by atoms with E-state index in [2.05, 4.69) is 4.90 Å². The van der Waals surface area contributed by atoms with Gasteiger partial charge in [0.15, 0.2) is 11.6 Å². The first-order valence-electron chi connectivity index (χ1n) is 10.5. The molecule has 0 unspecified atom stereocenters. The lowest BCUT2D eigenvalue weighted by Crippen LogP contribution is -2.48. The fourth-order valence-electron chi connectivity index (χ4n) is 3.75. The van der Waals surface area contributed by atoms with Crippen LogP contribution >= 0.6 is 11.6 Å². The topological polar surface area (TPSA) is 32.8 Å². The molecular formula is C25H22ClF3N2O2. The second kappa shape index (κ2) is 10.3. The Morgan fingerprint density at radius 3 is 2.39 bits per heavy atom. The molecule has 1 saturated heterocycles. The maximum absolute atomic E-state index is 14.1. The van der Waals surface area contributed by atoms with E-state index in [1.807, 2.05) is 0 Å². The van der Waals surface area contributed by atoms with Crippen LogP contribution in [0.3, 0.4) is 0 Å². The monoisotopic (exact) mass is 474 g/mol. The minimum atomic E-state index is -0.781. The molecule has 3 aromatic carbocycles. The van der Waals surface area contributed by atoms with E-state index in [9.17, 15) is 18.0 Å². The average molecular weight is 475 g/mol. The Bertz CT molecular complexity index is 1130. The van der Waals surface area contributed by atoms with Crippen molar-refractivity contribution in [3.8, 4) is 5.75 Å². The first-order chi connectivity index (χ1) is 15.9.